The van der Waals surface area contributed by atoms with Gasteiger partial charge in [0, 0.05) is 22.8 Å². The number of nitrogens with zero attached hydrogens (tertiary/aromatic N) is 2. The summed E-state index contributed by atoms with van der Waals surface area (Å²) in [5.41, 5.74) is 1.01. The Morgan fingerprint density at radius 2 is 1.77 bits per heavy atom. The van der Waals surface area contributed by atoms with Gasteiger partial charge in [-0.2, -0.15) is 4.98 Å². The minimum atomic E-state index is -0.682. The van der Waals surface area contributed by atoms with E-state index >= 15 is 0 Å². The molecule has 2 aromatic heterocycles. The Bertz CT molecular complexity index is 1300. The summed E-state index contributed by atoms with van der Waals surface area (Å²) in [5.74, 6) is 1.15. The Morgan fingerprint density at radius 3 is 2.55 bits per heavy atom. The summed E-state index contributed by atoms with van der Waals surface area (Å²) in [6.45, 7) is 4.19. The smallest absolute Gasteiger partial charge is 0.349 e. The highest BCUT2D eigenvalue weighted by Gasteiger charge is 2.14. The first-order valence-corrected chi connectivity index (χ1v) is 9.71. The Kier molecular flexibility index (Phi) is 5.61. The van der Waals surface area contributed by atoms with Gasteiger partial charge in [0.2, 0.25) is 5.88 Å². The first-order valence-electron chi connectivity index (χ1n) is 9.71. The average molecular weight is 416 g/mol. The predicted molar refractivity (Wildman–Crippen MR) is 118 cm³/mol. The van der Waals surface area contributed by atoms with Crippen LogP contribution in [0.5, 0.6) is 5.88 Å². The van der Waals surface area contributed by atoms with Gasteiger partial charge >= 0.3 is 5.63 Å². The van der Waals surface area contributed by atoms with E-state index in [0.717, 1.165) is 5.69 Å². The van der Waals surface area contributed by atoms with Crippen molar-refractivity contribution in [2.45, 2.75) is 13.8 Å². The lowest BCUT2D eigenvalue weighted by Crippen LogP contribution is -2.20. The summed E-state index contributed by atoms with van der Waals surface area (Å²) in [6, 6.07) is 17.3. The number of nitrogens with one attached hydrogen (secondary N) is 2. The van der Waals surface area contributed by atoms with E-state index in [-0.39, 0.29) is 5.56 Å². The molecule has 0 aliphatic rings. The van der Waals surface area contributed by atoms with Crippen LogP contribution < -0.4 is 21.0 Å². The number of hydrogen-bond acceptors (Lipinski definition) is 7. The second kappa shape index (κ2) is 8.66. The van der Waals surface area contributed by atoms with Crippen LogP contribution in [0.25, 0.3) is 11.0 Å². The van der Waals surface area contributed by atoms with Crippen molar-refractivity contribution in [3.63, 3.8) is 0 Å². The number of aryl methyl sites for hydroxylation is 1. The molecule has 8 nitrogen and oxygen atoms in total. The molecule has 0 bridgehead atoms. The molecule has 0 aliphatic heterocycles. The Labute approximate surface area is 177 Å². The van der Waals surface area contributed by atoms with E-state index in [1.807, 2.05) is 13.0 Å². The molecule has 4 rings (SSSR count). The zero-order valence-corrected chi connectivity index (χ0v) is 17.0. The van der Waals surface area contributed by atoms with Gasteiger partial charge in [0.05, 0.1) is 6.61 Å². The lowest BCUT2D eigenvalue weighted by molar-refractivity contribution is 0.102. The highest BCUT2D eigenvalue weighted by atomic mass is 16.5. The van der Waals surface area contributed by atoms with E-state index in [1.165, 1.54) is 6.07 Å². The topological polar surface area (TPSA) is 106 Å². The monoisotopic (exact) mass is 416 g/mol. The summed E-state index contributed by atoms with van der Waals surface area (Å²) in [4.78, 5) is 33.3. The normalized spacial score (nSPS) is 10.6. The molecule has 0 unspecified atom stereocenters. The average Bonchev–Trinajstić information content (AvgIpc) is 2.74. The molecule has 1 amide bonds. The Morgan fingerprint density at radius 1 is 1.03 bits per heavy atom. The molecular weight excluding hydrogens is 396 g/mol. The summed E-state index contributed by atoms with van der Waals surface area (Å²) >= 11 is 0. The summed E-state index contributed by atoms with van der Waals surface area (Å²) in [6.07, 6.45) is 0. The third-order valence-electron chi connectivity index (χ3n) is 4.41. The second-order valence-electron chi connectivity index (χ2n) is 6.71. The van der Waals surface area contributed by atoms with Gasteiger partial charge in [-0.3, -0.25) is 4.79 Å². The van der Waals surface area contributed by atoms with Crippen LogP contribution >= 0.6 is 0 Å². The van der Waals surface area contributed by atoms with E-state index in [4.69, 9.17) is 9.15 Å². The van der Waals surface area contributed by atoms with Crippen molar-refractivity contribution in [1.82, 2.24) is 9.97 Å². The van der Waals surface area contributed by atoms with Gasteiger partial charge in [-0.15, -0.1) is 0 Å². The van der Waals surface area contributed by atoms with Gasteiger partial charge < -0.3 is 19.8 Å². The largest absolute Gasteiger partial charge is 0.478 e. The van der Waals surface area contributed by atoms with Crippen LogP contribution in [0.3, 0.4) is 0 Å². The fraction of sp³-hybridized carbons (Fsp3) is 0.130. The molecule has 2 heterocycles. The third kappa shape index (κ3) is 4.69. The van der Waals surface area contributed by atoms with Crippen molar-refractivity contribution in [3.05, 3.63) is 82.5 Å². The Hall–Kier alpha value is -4.20. The molecule has 2 N–H and O–H groups in total. The first-order chi connectivity index (χ1) is 15.0. The fourth-order valence-corrected chi connectivity index (χ4v) is 3.03. The zero-order valence-electron chi connectivity index (χ0n) is 17.0. The van der Waals surface area contributed by atoms with E-state index in [9.17, 15) is 9.59 Å². The van der Waals surface area contributed by atoms with E-state index < -0.39 is 11.5 Å². The molecular formula is C23H20N4O4. The van der Waals surface area contributed by atoms with E-state index in [2.05, 4.69) is 20.6 Å². The highest BCUT2D eigenvalue weighted by molar-refractivity contribution is 6.05. The number of para-hydroxylation sites is 1. The van der Waals surface area contributed by atoms with Crippen LogP contribution in [-0.2, 0) is 0 Å². The number of carbonyl (C=O) groups excluding carboxylic acids is 1. The fourth-order valence-electron chi connectivity index (χ4n) is 3.03. The molecule has 8 heteroatoms. The molecule has 2 aromatic carbocycles. The van der Waals surface area contributed by atoms with Crippen molar-refractivity contribution in [2.75, 3.05) is 17.2 Å². The zero-order chi connectivity index (χ0) is 21.8. The standard InChI is InChI=1S/C23H20N4O4/c1-3-30-21-13-20(24-14(2)25-21)26-16-8-10-17(11-9-16)27-22(28)18-12-15-6-4-5-7-19(15)31-23(18)29/h4-13H,3H2,1-2H3,(H,27,28)(H,24,25,26). The summed E-state index contributed by atoms with van der Waals surface area (Å²) in [5, 5.41) is 6.57. The van der Waals surface area contributed by atoms with E-state index in [0.29, 0.717) is 40.8 Å². The van der Waals surface area contributed by atoms with Gasteiger partial charge in [-0.05, 0) is 50.2 Å². The van der Waals surface area contributed by atoms with Gasteiger partial charge in [0.25, 0.3) is 5.91 Å². The van der Waals surface area contributed by atoms with Crippen molar-refractivity contribution in [2.24, 2.45) is 0 Å². The predicted octanol–water partition coefficient (Wildman–Crippen LogP) is 4.29. The number of aromatic nitrogens is 2. The second-order valence-corrected chi connectivity index (χ2v) is 6.71. The van der Waals surface area contributed by atoms with Gasteiger partial charge in [0.1, 0.15) is 22.8 Å². The molecule has 0 saturated heterocycles. The molecule has 0 atom stereocenters. The lowest BCUT2D eigenvalue weighted by atomic mass is 10.1. The van der Waals surface area contributed by atoms with Gasteiger partial charge in [0.15, 0.2) is 0 Å². The number of carbonyl (C=O) groups is 1. The molecule has 31 heavy (non-hydrogen) atoms. The highest BCUT2D eigenvalue weighted by Crippen LogP contribution is 2.21. The maximum Gasteiger partial charge on any atom is 0.349 e. The Balaban J connectivity index is 1.48. The van der Waals surface area contributed by atoms with Crippen LogP contribution in [0.1, 0.15) is 23.1 Å². The van der Waals surface area contributed by atoms with Crippen molar-refractivity contribution in [3.8, 4) is 5.88 Å². The molecule has 0 aliphatic carbocycles. The molecule has 0 saturated carbocycles. The van der Waals surface area contributed by atoms with Crippen LogP contribution in [-0.4, -0.2) is 22.5 Å². The minimum Gasteiger partial charge on any atom is -0.478 e. The third-order valence-corrected chi connectivity index (χ3v) is 4.41. The van der Waals surface area contributed by atoms with Crippen molar-refractivity contribution < 1.29 is 13.9 Å². The number of amides is 1. The number of benzene rings is 2. The van der Waals surface area contributed by atoms with Crippen molar-refractivity contribution >= 4 is 34.1 Å². The maximum atomic E-state index is 12.6. The number of rotatable bonds is 6. The van der Waals surface area contributed by atoms with E-state index in [1.54, 1.807) is 55.5 Å². The van der Waals surface area contributed by atoms with Crippen LogP contribution in [0.2, 0.25) is 0 Å². The van der Waals surface area contributed by atoms with Crippen LogP contribution in [0.15, 0.2) is 69.9 Å². The lowest BCUT2D eigenvalue weighted by Gasteiger charge is -2.10. The molecule has 0 spiro atoms. The molecule has 0 fully saturated rings. The van der Waals surface area contributed by atoms with Gasteiger partial charge in [-0.25, -0.2) is 9.78 Å². The molecule has 0 radical (unpaired) electrons. The summed E-state index contributed by atoms with van der Waals surface area (Å²) < 4.78 is 10.7. The summed E-state index contributed by atoms with van der Waals surface area (Å²) in [7, 11) is 0. The number of ether oxygens (including phenoxy) is 1. The molecule has 156 valence electrons. The SMILES string of the molecule is CCOc1cc(Nc2ccc(NC(=O)c3cc4ccccc4oc3=O)cc2)nc(C)n1. The van der Waals surface area contributed by atoms with Crippen LogP contribution in [0.4, 0.5) is 17.2 Å². The number of anilines is 3. The molecule has 4 aromatic rings. The minimum absolute atomic E-state index is 0.0548. The first kappa shape index (κ1) is 20.1. The maximum absolute atomic E-state index is 12.6. The van der Waals surface area contributed by atoms with Gasteiger partial charge in [-0.1, -0.05) is 18.2 Å². The number of hydrogen-bond donors (Lipinski definition) is 2. The quantitative estimate of drug-likeness (QED) is 0.452. The van der Waals surface area contributed by atoms with Crippen molar-refractivity contribution in [1.29, 1.82) is 0 Å². The number of fused-ring (bicyclic) bond motifs is 1. The van der Waals surface area contributed by atoms with Crippen LogP contribution in [0, 0.1) is 6.92 Å².